The van der Waals surface area contributed by atoms with Gasteiger partial charge in [0.2, 0.25) is 0 Å². The van der Waals surface area contributed by atoms with E-state index < -0.39 is 10.0 Å². The first-order valence-corrected chi connectivity index (χ1v) is 9.20. The third-order valence-electron chi connectivity index (χ3n) is 3.91. The molecule has 0 spiro atoms. The van der Waals surface area contributed by atoms with Crippen LogP contribution >= 0.6 is 0 Å². The second kappa shape index (κ2) is 6.07. The minimum Gasteiger partial charge on any atom is -0.276 e. The smallest absolute Gasteiger partial charge is 0.269 e. The Morgan fingerprint density at radius 3 is 2.08 bits per heavy atom. The Balaban J connectivity index is 1.98. The van der Waals surface area contributed by atoms with E-state index in [1.54, 1.807) is 54.6 Å². The van der Waals surface area contributed by atoms with E-state index in [0.29, 0.717) is 11.5 Å². The SMILES string of the molecule is O=S(=O)(c1ccccc1)N(c1ccccc1)c1n[nH]c2ccccc12. The number of anilines is 2. The van der Waals surface area contributed by atoms with Crippen LogP contribution in [0.4, 0.5) is 11.5 Å². The number of aromatic nitrogens is 2. The molecule has 0 aliphatic heterocycles. The number of nitrogens with zero attached hydrogens (tertiary/aromatic N) is 2. The molecule has 0 unspecified atom stereocenters. The van der Waals surface area contributed by atoms with Crippen molar-refractivity contribution < 1.29 is 8.42 Å². The van der Waals surface area contributed by atoms with Crippen molar-refractivity contribution in [1.29, 1.82) is 0 Å². The first-order valence-electron chi connectivity index (χ1n) is 7.76. The van der Waals surface area contributed by atoms with Crippen LogP contribution in [-0.4, -0.2) is 18.6 Å². The molecule has 0 bridgehead atoms. The molecular formula is C19H15N3O2S. The lowest BCUT2D eigenvalue weighted by Crippen LogP contribution is -2.26. The lowest BCUT2D eigenvalue weighted by Gasteiger charge is -2.22. The Morgan fingerprint density at radius 1 is 0.760 bits per heavy atom. The summed E-state index contributed by atoms with van der Waals surface area (Å²) in [4.78, 5) is 0.214. The summed E-state index contributed by atoms with van der Waals surface area (Å²) in [5, 5.41) is 7.93. The summed E-state index contributed by atoms with van der Waals surface area (Å²) in [6.07, 6.45) is 0. The fourth-order valence-corrected chi connectivity index (χ4v) is 4.22. The molecule has 4 rings (SSSR count). The maximum Gasteiger partial charge on any atom is 0.269 e. The van der Waals surface area contributed by atoms with Gasteiger partial charge >= 0.3 is 0 Å². The Hall–Kier alpha value is -3.12. The molecule has 124 valence electrons. The first-order chi connectivity index (χ1) is 12.2. The predicted octanol–water partition coefficient (Wildman–Crippen LogP) is 4.09. The third-order valence-corrected chi connectivity index (χ3v) is 5.65. The van der Waals surface area contributed by atoms with Crippen molar-refractivity contribution in [1.82, 2.24) is 10.2 Å². The van der Waals surface area contributed by atoms with Gasteiger partial charge in [-0.3, -0.25) is 5.10 Å². The average molecular weight is 349 g/mol. The van der Waals surface area contributed by atoms with Crippen LogP contribution in [-0.2, 0) is 10.0 Å². The molecule has 0 fully saturated rings. The average Bonchev–Trinajstić information content (AvgIpc) is 3.07. The molecule has 0 atom stereocenters. The van der Waals surface area contributed by atoms with Crippen LogP contribution in [0.25, 0.3) is 10.9 Å². The van der Waals surface area contributed by atoms with E-state index in [9.17, 15) is 8.42 Å². The van der Waals surface area contributed by atoms with Gasteiger partial charge < -0.3 is 0 Å². The number of rotatable bonds is 4. The number of fused-ring (bicyclic) bond motifs is 1. The summed E-state index contributed by atoms with van der Waals surface area (Å²) in [7, 11) is -3.82. The first kappa shape index (κ1) is 15.4. The zero-order valence-electron chi connectivity index (χ0n) is 13.2. The van der Waals surface area contributed by atoms with Crippen LogP contribution in [0.1, 0.15) is 0 Å². The highest BCUT2D eigenvalue weighted by Gasteiger charge is 2.29. The van der Waals surface area contributed by atoms with Gasteiger partial charge in [-0.05, 0) is 36.4 Å². The molecule has 0 radical (unpaired) electrons. The fraction of sp³-hybridized carbons (Fsp3) is 0. The van der Waals surface area contributed by atoms with Gasteiger partial charge in [-0.2, -0.15) is 5.10 Å². The largest absolute Gasteiger partial charge is 0.276 e. The zero-order chi connectivity index (χ0) is 17.3. The number of nitrogens with one attached hydrogen (secondary N) is 1. The van der Waals surface area contributed by atoms with Gasteiger partial charge in [0, 0.05) is 5.39 Å². The highest BCUT2D eigenvalue weighted by Crippen LogP contribution is 2.35. The van der Waals surface area contributed by atoms with E-state index >= 15 is 0 Å². The maximum absolute atomic E-state index is 13.3. The van der Waals surface area contributed by atoms with Crippen LogP contribution in [0.2, 0.25) is 0 Å². The van der Waals surface area contributed by atoms with Crippen LogP contribution in [0, 0.1) is 0 Å². The lowest BCUT2D eigenvalue weighted by atomic mass is 10.2. The highest BCUT2D eigenvalue weighted by molar-refractivity contribution is 7.93. The maximum atomic E-state index is 13.3. The van der Waals surface area contributed by atoms with Gasteiger partial charge in [-0.15, -0.1) is 0 Å². The molecule has 6 heteroatoms. The minimum absolute atomic E-state index is 0.214. The lowest BCUT2D eigenvalue weighted by molar-refractivity contribution is 0.596. The monoisotopic (exact) mass is 349 g/mol. The summed E-state index contributed by atoms with van der Waals surface area (Å²) in [5.41, 5.74) is 1.31. The molecule has 0 saturated carbocycles. The van der Waals surface area contributed by atoms with Gasteiger partial charge in [0.15, 0.2) is 5.82 Å². The Bertz CT molecular complexity index is 1110. The van der Waals surface area contributed by atoms with Gasteiger partial charge in [-0.25, -0.2) is 12.7 Å². The Kier molecular flexibility index (Phi) is 3.74. The van der Waals surface area contributed by atoms with Gasteiger partial charge in [0.1, 0.15) is 0 Å². The molecule has 1 heterocycles. The number of aromatic amines is 1. The van der Waals surface area contributed by atoms with Crippen LogP contribution in [0.5, 0.6) is 0 Å². The number of hydrogen-bond donors (Lipinski definition) is 1. The van der Waals surface area contributed by atoms with Gasteiger partial charge in [0.25, 0.3) is 10.0 Å². The standard InChI is InChI=1S/C19H15N3O2S/c23-25(24,16-11-5-2-6-12-16)22(15-9-3-1-4-10-15)19-17-13-7-8-14-18(17)20-21-19/h1-14H,(H,20,21). The van der Waals surface area contributed by atoms with Crippen molar-refractivity contribution in [2.75, 3.05) is 4.31 Å². The molecule has 3 aromatic carbocycles. The van der Waals surface area contributed by atoms with E-state index in [1.807, 2.05) is 30.3 Å². The van der Waals surface area contributed by atoms with Crippen molar-refractivity contribution >= 4 is 32.4 Å². The Morgan fingerprint density at radius 2 is 1.36 bits per heavy atom. The number of H-pyrrole nitrogens is 1. The second-order valence-electron chi connectivity index (χ2n) is 5.51. The number of benzene rings is 3. The van der Waals surface area contributed by atoms with Crippen molar-refractivity contribution in [3.63, 3.8) is 0 Å². The molecule has 0 aliphatic rings. The van der Waals surface area contributed by atoms with E-state index in [4.69, 9.17) is 0 Å². The summed E-state index contributed by atoms with van der Waals surface area (Å²) < 4.78 is 28.0. The van der Waals surface area contributed by atoms with Crippen molar-refractivity contribution in [3.8, 4) is 0 Å². The molecule has 0 aliphatic carbocycles. The van der Waals surface area contributed by atoms with E-state index in [0.717, 1.165) is 10.9 Å². The van der Waals surface area contributed by atoms with Crippen LogP contribution in [0.15, 0.2) is 89.8 Å². The Labute approximate surface area is 145 Å². The summed E-state index contributed by atoms with van der Waals surface area (Å²) in [5.74, 6) is 0.352. The topological polar surface area (TPSA) is 66.1 Å². The zero-order valence-corrected chi connectivity index (χ0v) is 14.0. The molecule has 0 saturated heterocycles. The summed E-state index contributed by atoms with van der Waals surface area (Å²) in [6.45, 7) is 0. The van der Waals surface area contributed by atoms with E-state index in [-0.39, 0.29) is 4.90 Å². The normalized spacial score (nSPS) is 11.5. The third kappa shape index (κ3) is 2.66. The molecule has 0 amide bonds. The highest BCUT2D eigenvalue weighted by atomic mass is 32.2. The minimum atomic E-state index is -3.82. The molecule has 5 nitrogen and oxygen atoms in total. The van der Waals surface area contributed by atoms with Crippen LogP contribution in [0.3, 0.4) is 0 Å². The van der Waals surface area contributed by atoms with E-state index in [1.165, 1.54) is 4.31 Å². The molecule has 1 aromatic heterocycles. The van der Waals surface area contributed by atoms with E-state index in [2.05, 4.69) is 10.2 Å². The molecule has 1 N–H and O–H groups in total. The van der Waals surface area contributed by atoms with Gasteiger partial charge in [0.05, 0.1) is 16.1 Å². The molecule has 4 aromatic rings. The fourth-order valence-electron chi connectivity index (χ4n) is 2.74. The van der Waals surface area contributed by atoms with Crippen LogP contribution < -0.4 is 4.31 Å². The number of sulfonamides is 1. The van der Waals surface area contributed by atoms with Crippen molar-refractivity contribution in [2.45, 2.75) is 4.90 Å². The number of hydrogen-bond acceptors (Lipinski definition) is 3. The summed E-state index contributed by atoms with van der Waals surface area (Å²) in [6, 6.07) is 24.8. The predicted molar refractivity (Wildman–Crippen MR) is 98.3 cm³/mol. The van der Waals surface area contributed by atoms with Crippen molar-refractivity contribution in [3.05, 3.63) is 84.9 Å². The molecule has 25 heavy (non-hydrogen) atoms. The van der Waals surface area contributed by atoms with Gasteiger partial charge in [-0.1, -0.05) is 48.5 Å². The molecular weight excluding hydrogens is 334 g/mol. The summed E-state index contributed by atoms with van der Waals surface area (Å²) >= 11 is 0. The second-order valence-corrected chi connectivity index (χ2v) is 7.30. The van der Waals surface area contributed by atoms with Crippen molar-refractivity contribution in [2.24, 2.45) is 0 Å². The number of para-hydroxylation sites is 2. The quantitative estimate of drug-likeness (QED) is 0.603.